The first-order chi connectivity index (χ1) is 10.2. The van der Waals surface area contributed by atoms with Crippen LogP contribution in [0.15, 0.2) is 42.5 Å². The first-order valence-electron chi connectivity index (χ1n) is 7.20. The smallest absolute Gasteiger partial charge is 0.338 e. The zero-order chi connectivity index (χ0) is 14.8. The van der Waals surface area contributed by atoms with Crippen LogP contribution in [0.1, 0.15) is 27.0 Å². The molecule has 2 aromatic carbocycles. The molecule has 21 heavy (non-hydrogen) atoms. The van der Waals surface area contributed by atoms with Gasteiger partial charge in [-0.15, -0.1) is 0 Å². The fraction of sp³-hybridized carbons (Fsp3) is 0.278. The molecule has 0 heterocycles. The van der Waals surface area contributed by atoms with Crippen LogP contribution in [0.25, 0.3) is 0 Å². The Morgan fingerprint density at radius 1 is 1.10 bits per heavy atom. The third-order valence-electron chi connectivity index (χ3n) is 4.15. The summed E-state index contributed by atoms with van der Waals surface area (Å²) in [5, 5.41) is 3.57. The van der Waals surface area contributed by atoms with Crippen LogP contribution in [0, 0.1) is 6.92 Å². The Kier molecular flexibility index (Phi) is 3.65. The zero-order valence-corrected chi connectivity index (χ0v) is 12.3. The molecule has 0 saturated heterocycles. The third kappa shape index (κ3) is 2.64. The standard InChI is InChI=1S/C18H19NO2/c1-12-16(18(20)21-2)8-5-9-17(12)19-15-10-13-6-3-4-7-14(13)11-15/h3-9,15,19H,10-11H2,1-2H3. The van der Waals surface area contributed by atoms with Gasteiger partial charge in [0.2, 0.25) is 0 Å². The van der Waals surface area contributed by atoms with Gasteiger partial charge in [0.15, 0.2) is 0 Å². The Labute approximate surface area is 124 Å². The van der Waals surface area contributed by atoms with Crippen molar-refractivity contribution in [2.24, 2.45) is 0 Å². The number of rotatable bonds is 3. The van der Waals surface area contributed by atoms with Gasteiger partial charge in [-0.25, -0.2) is 4.79 Å². The Hall–Kier alpha value is -2.29. The summed E-state index contributed by atoms with van der Waals surface area (Å²) < 4.78 is 4.83. The van der Waals surface area contributed by atoms with Gasteiger partial charge in [0, 0.05) is 11.7 Å². The first kappa shape index (κ1) is 13.7. The molecule has 3 heteroatoms. The highest BCUT2D eigenvalue weighted by Gasteiger charge is 2.21. The van der Waals surface area contributed by atoms with Gasteiger partial charge >= 0.3 is 5.97 Å². The van der Waals surface area contributed by atoms with E-state index >= 15 is 0 Å². The molecule has 0 aromatic heterocycles. The van der Waals surface area contributed by atoms with Crippen LogP contribution >= 0.6 is 0 Å². The van der Waals surface area contributed by atoms with Gasteiger partial charge < -0.3 is 10.1 Å². The van der Waals surface area contributed by atoms with Crippen molar-refractivity contribution in [2.45, 2.75) is 25.8 Å². The maximum atomic E-state index is 11.8. The molecule has 0 radical (unpaired) electrons. The number of hydrogen-bond acceptors (Lipinski definition) is 3. The Balaban J connectivity index is 1.79. The molecule has 2 aromatic rings. The van der Waals surface area contributed by atoms with Gasteiger partial charge in [0.25, 0.3) is 0 Å². The Morgan fingerprint density at radius 2 is 1.76 bits per heavy atom. The second kappa shape index (κ2) is 5.60. The number of anilines is 1. The number of fused-ring (bicyclic) bond motifs is 1. The van der Waals surface area contributed by atoms with Gasteiger partial charge in [-0.2, -0.15) is 0 Å². The Morgan fingerprint density at radius 3 is 2.38 bits per heavy atom. The molecule has 0 saturated carbocycles. The van der Waals surface area contributed by atoms with Crippen LogP contribution < -0.4 is 5.32 Å². The van der Waals surface area contributed by atoms with Crippen molar-refractivity contribution in [3.05, 3.63) is 64.7 Å². The highest BCUT2D eigenvalue weighted by atomic mass is 16.5. The van der Waals surface area contributed by atoms with Gasteiger partial charge in [-0.05, 0) is 48.6 Å². The van der Waals surface area contributed by atoms with E-state index in [9.17, 15) is 4.79 Å². The quantitative estimate of drug-likeness (QED) is 0.877. The molecule has 0 fully saturated rings. The normalized spacial score (nSPS) is 13.8. The highest BCUT2D eigenvalue weighted by molar-refractivity contribution is 5.92. The second-order valence-electron chi connectivity index (χ2n) is 5.49. The number of methoxy groups -OCH3 is 1. The molecule has 3 rings (SSSR count). The maximum absolute atomic E-state index is 11.8. The van der Waals surface area contributed by atoms with Crippen molar-refractivity contribution in [3.8, 4) is 0 Å². The SMILES string of the molecule is COC(=O)c1cccc(NC2Cc3ccccc3C2)c1C. The number of carbonyl (C=O) groups excluding carboxylic acids is 1. The first-order valence-corrected chi connectivity index (χ1v) is 7.20. The number of hydrogen-bond donors (Lipinski definition) is 1. The van der Waals surface area contributed by atoms with Crippen LogP contribution in [0.5, 0.6) is 0 Å². The minimum absolute atomic E-state index is 0.286. The third-order valence-corrected chi connectivity index (χ3v) is 4.15. The minimum Gasteiger partial charge on any atom is -0.465 e. The lowest BCUT2D eigenvalue weighted by Gasteiger charge is -2.17. The van der Waals surface area contributed by atoms with E-state index in [1.54, 1.807) is 6.07 Å². The van der Waals surface area contributed by atoms with E-state index in [1.807, 2.05) is 19.1 Å². The number of nitrogens with one attached hydrogen (secondary N) is 1. The fourth-order valence-electron chi connectivity index (χ4n) is 3.00. The summed E-state index contributed by atoms with van der Waals surface area (Å²) in [6.45, 7) is 1.96. The lowest BCUT2D eigenvalue weighted by Crippen LogP contribution is -2.20. The van der Waals surface area contributed by atoms with Crippen molar-refractivity contribution >= 4 is 11.7 Å². The van der Waals surface area contributed by atoms with Crippen molar-refractivity contribution in [1.82, 2.24) is 0 Å². The maximum Gasteiger partial charge on any atom is 0.338 e. The van der Waals surface area contributed by atoms with Crippen LogP contribution in [0.3, 0.4) is 0 Å². The molecule has 0 amide bonds. The molecular formula is C18H19NO2. The summed E-state index contributed by atoms with van der Waals surface area (Å²) in [7, 11) is 1.41. The molecule has 0 spiro atoms. The summed E-state index contributed by atoms with van der Waals surface area (Å²) in [5.74, 6) is -0.286. The number of benzene rings is 2. The molecule has 0 bridgehead atoms. The van der Waals surface area contributed by atoms with E-state index < -0.39 is 0 Å². The Bertz CT molecular complexity index is 654. The average Bonchev–Trinajstić information content (AvgIpc) is 2.91. The molecule has 0 atom stereocenters. The average molecular weight is 281 g/mol. The van der Waals surface area contributed by atoms with Gasteiger partial charge in [0.05, 0.1) is 12.7 Å². The molecule has 1 aliphatic rings. The predicted molar refractivity (Wildman–Crippen MR) is 83.8 cm³/mol. The predicted octanol–water partition coefficient (Wildman–Crippen LogP) is 3.36. The van der Waals surface area contributed by atoms with E-state index in [0.29, 0.717) is 11.6 Å². The van der Waals surface area contributed by atoms with Gasteiger partial charge in [0.1, 0.15) is 0 Å². The monoisotopic (exact) mass is 281 g/mol. The second-order valence-corrected chi connectivity index (χ2v) is 5.49. The molecule has 108 valence electrons. The van der Waals surface area contributed by atoms with Crippen LogP contribution in [-0.4, -0.2) is 19.1 Å². The summed E-state index contributed by atoms with van der Waals surface area (Å²) in [5.41, 5.74) is 5.41. The largest absolute Gasteiger partial charge is 0.465 e. The van der Waals surface area contributed by atoms with Crippen molar-refractivity contribution < 1.29 is 9.53 Å². The van der Waals surface area contributed by atoms with E-state index in [-0.39, 0.29) is 5.97 Å². The summed E-state index contributed by atoms with van der Waals surface area (Å²) >= 11 is 0. The lowest BCUT2D eigenvalue weighted by atomic mass is 10.1. The summed E-state index contributed by atoms with van der Waals surface area (Å²) in [4.78, 5) is 11.8. The van der Waals surface area contributed by atoms with Crippen molar-refractivity contribution in [2.75, 3.05) is 12.4 Å². The molecule has 0 aliphatic heterocycles. The summed E-state index contributed by atoms with van der Waals surface area (Å²) in [6, 6.07) is 14.6. The van der Waals surface area contributed by atoms with E-state index in [4.69, 9.17) is 4.74 Å². The molecule has 1 N–H and O–H groups in total. The number of carbonyl (C=O) groups is 1. The molecule has 1 aliphatic carbocycles. The molecule has 3 nitrogen and oxygen atoms in total. The van der Waals surface area contributed by atoms with Crippen LogP contribution in [0.2, 0.25) is 0 Å². The van der Waals surface area contributed by atoms with E-state index in [0.717, 1.165) is 24.1 Å². The number of ether oxygens (including phenoxy) is 1. The van der Waals surface area contributed by atoms with Crippen LogP contribution in [-0.2, 0) is 17.6 Å². The van der Waals surface area contributed by atoms with Crippen LogP contribution in [0.4, 0.5) is 5.69 Å². The van der Waals surface area contributed by atoms with E-state index in [1.165, 1.54) is 18.2 Å². The van der Waals surface area contributed by atoms with Gasteiger partial charge in [-0.1, -0.05) is 30.3 Å². The summed E-state index contributed by atoms with van der Waals surface area (Å²) in [6.07, 6.45) is 2.05. The minimum atomic E-state index is -0.286. The highest BCUT2D eigenvalue weighted by Crippen LogP contribution is 2.27. The van der Waals surface area contributed by atoms with E-state index in [2.05, 4.69) is 29.6 Å². The molecular weight excluding hydrogens is 262 g/mol. The lowest BCUT2D eigenvalue weighted by molar-refractivity contribution is 0.0600. The van der Waals surface area contributed by atoms with Gasteiger partial charge in [-0.3, -0.25) is 0 Å². The zero-order valence-electron chi connectivity index (χ0n) is 12.3. The van der Waals surface area contributed by atoms with Crippen molar-refractivity contribution in [3.63, 3.8) is 0 Å². The number of esters is 1. The van der Waals surface area contributed by atoms with Crippen molar-refractivity contribution in [1.29, 1.82) is 0 Å². The topological polar surface area (TPSA) is 38.3 Å². The molecule has 0 unspecified atom stereocenters. The fourth-order valence-corrected chi connectivity index (χ4v) is 3.00.